The molecule has 0 saturated heterocycles. The van der Waals surface area contributed by atoms with Crippen LogP contribution in [-0.4, -0.2) is 25.6 Å². The Morgan fingerprint density at radius 3 is 1.80 bits per heavy atom. The molecule has 0 radical (unpaired) electrons. The highest BCUT2D eigenvalue weighted by Crippen LogP contribution is 2.50. The van der Waals surface area contributed by atoms with Crippen LogP contribution < -0.4 is 4.74 Å². The van der Waals surface area contributed by atoms with E-state index >= 15 is 0 Å². The van der Waals surface area contributed by atoms with Gasteiger partial charge in [0.25, 0.3) is 0 Å². The van der Waals surface area contributed by atoms with Crippen LogP contribution in [0.15, 0.2) is 170 Å². The van der Waals surface area contributed by atoms with Gasteiger partial charge in [0.1, 0.15) is 11.9 Å². The van der Waals surface area contributed by atoms with E-state index < -0.39 is 0 Å². The summed E-state index contributed by atoms with van der Waals surface area (Å²) in [5.74, 6) is 2.73. The fraction of sp³-hybridized carbons (Fsp3) is 0.0444. The van der Waals surface area contributed by atoms with Crippen LogP contribution in [0.2, 0.25) is 0 Å². The van der Waals surface area contributed by atoms with Gasteiger partial charge >= 0.3 is 0 Å². The zero-order valence-corrected chi connectivity index (χ0v) is 27.0. The minimum atomic E-state index is -0.237. The maximum atomic E-state index is 6.94. The Morgan fingerprint density at radius 1 is 0.500 bits per heavy atom. The Hall–Kier alpha value is -6.59. The first-order valence-electron chi connectivity index (χ1n) is 16.9. The molecule has 0 N–H and O–H groups in total. The molecular weight excluding hydrogens is 613 g/mol. The lowest BCUT2D eigenvalue weighted by Crippen LogP contribution is -2.27. The van der Waals surface area contributed by atoms with Gasteiger partial charge in [-0.1, -0.05) is 152 Å². The van der Waals surface area contributed by atoms with Gasteiger partial charge in [0.05, 0.1) is 11.6 Å². The Morgan fingerprint density at radius 2 is 1.08 bits per heavy atom. The smallest absolute Gasteiger partial charge is 0.164 e. The summed E-state index contributed by atoms with van der Waals surface area (Å²) in [4.78, 5) is 15.1. The highest BCUT2D eigenvalue weighted by Gasteiger charge is 2.39. The predicted molar refractivity (Wildman–Crippen MR) is 202 cm³/mol. The first kappa shape index (κ1) is 28.4. The molecule has 8 aromatic rings. The molecule has 5 nitrogen and oxygen atoms in total. The zero-order valence-electron chi connectivity index (χ0n) is 27.0. The molecule has 1 aliphatic heterocycles. The first-order valence-corrected chi connectivity index (χ1v) is 16.9. The van der Waals surface area contributed by atoms with Gasteiger partial charge in [-0.15, -0.1) is 0 Å². The maximum Gasteiger partial charge on any atom is 0.164 e. The second kappa shape index (κ2) is 11.5. The molecular formula is C45H30N4O. The predicted octanol–water partition coefficient (Wildman–Crippen LogP) is 10.6. The summed E-state index contributed by atoms with van der Waals surface area (Å²) in [5.41, 5.74) is 9.75. The normalized spacial score (nSPS) is 16.2. The average Bonchev–Trinajstić information content (AvgIpc) is 3.75. The van der Waals surface area contributed by atoms with Crippen LogP contribution in [0.25, 0.3) is 72.7 Å². The lowest BCUT2D eigenvalue weighted by molar-refractivity contribution is 0.232. The third-order valence-electron chi connectivity index (χ3n) is 9.83. The van der Waals surface area contributed by atoms with Crippen molar-refractivity contribution < 1.29 is 4.74 Å². The van der Waals surface area contributed by atoms with Crippen molar-refractivity contribution in [1.82, 2.24) is 19.5 Å². The van der Waals surface area contributed by atoms with E-state index in [0.29, 0.717) is 17.5 Å². The molecule has 0 spiro atoms. The van der Waals surface area contributed by atoms with Gasteiger partial charge in [-0.05, 0) is 29.3 Å². The summed E-state index contributed by atoms with van der Waals surface area (Å²) in [7, 11) is 0. The van der Waals surface area contributed by atoms with Crippen molar-refractivity contribution in [2.75, 3.05) is 0 Å². The van der Waals surface area contributed by atoms with Crippen LogP contribution in [0.4, 0.5) is 0 Å². The van der Waals surface area contributed by atoms with E-state index in [-0.39, 0.29) is 12.1 Å². The maximum absolute atomic E-state index is 6.94. The number of benzene rings is 6. The largest absolute Gasteiger partial charge is 0.483 e. The van der Waals surface area contributed by atoms with Gasteiger partial charge in [-0.2, -0.15) is 0 Å². The SMILES string of the molecule is C1=CC(n2c3ccccc3c3c(-c4ccccc4)cccc32)C2Oc3cccc(-c4nc(-c5ccccc5)nc(-c5ccccc5)n4)c3C2=C1. The summed E-state index contributed by atoms with van der Waals surface area (Å²) < 4.78 is 9.40. The average molecular weight is 643 g/mol. The minimum absolute atomic E-state index is 0.0817. The van der Waals surface area contributed by atoms with Crippen molar-refractivity contribution in [1.29, 1.82) is 0 Å². The number of aromatic nitrogens is 4. The van der Waals surface area contributed by atoms with Crippen molar-refractivity contribution in [3.05, 3.63) is 175 Å². The summed E-state index contributed by atoms with van der Waals surface area (Å²) in [6, 6.07) is 52.3. The Balaban J connectivity index is 1.13. The Kier molecular flexibility index (Phi) is 6.56. The number of ether oxygens (including phenoxy) is 1. The number of hydrogen-bond acceptors (Lipinski definition) is 4. The second-order valence-corrected chi connectivity index (χ2v) is 12.7. The number of fused-ring (bicyclic) bond motifs is 6. The van der Waals surface area contributed by atoms with Crippen LogP contribution in [0.3, 0.4) is 0 Å². The standard InChI is InChI=1S/C45H30N4O/c1-4-15-29(16-5-1)32-22-12-26-37-40(32)33-21-10-11-25-36(33)49(37)38-27-13-23-34-41-35(24-14-28-39(41)50-42(34)38)45-47-43(30-17-6-2-7-18-30)46-44(48-45)31-19-8-3-9-20-31/h1-28,38,42H. The lowest BCUT2D eigenvalue weighted by Gasteiger charge is -2.27. The summed E-state index contributed by atoms with van der Waals surface area (Å²) >= 11 is 0. The molecule has 5 heteroatoms. The number of allylic oxidation sites excluding steroid dienone is 2. The highest BCUT2D eigenvalue weighted by atomic mass is 16.5. The Bertz CT molecular complexity index is 2570. The fourth-order valence-electron chi connectivity index (χ4n) is 7.64. The van der Waals surface area contributed by atoms with E-state index in [2.05, 4.69) is 108 Å². The molecule has 2 atom stereocenters. The fourth-order valence-corrected chi connectivity index (χ4v) is 7.64. The first-order chi connectivity index (χ1) is 24.8. The van der Waals surface area contributed by atoms with Gasteiger partial charge in [0, 0.05) is 44.1 Å². The van der Waals surface area contributed by atoms with E-state index in [1.165, 1.54) is 32.9 Å². The molecule has 2 aromatic heterocycles. The van der Waals surface area contributed by atoms with Crippen LogP contribution in [0, 0.1) is 0 Å². The molecule has 3 heterocycles. The quantitative estimate of drug-likeness (QED) is 0.187. The molecule has 10 rings (SSSR count). The van der Waals surface area contributed by atoms with Crippen LogP contribution >= 0.6 is 0 Å². The van der Waals surface area contributed by atoms with Crippen molar-refractivity contribution in [3.63, 3.8) is 0 Å². The van der Waals surface area contributed by atoms with Gasteiger partial charge in [0.15, 0.2) is 17.5 Å². The zero-order chi connectivity index (χ0) is 33.0. The second-order valence-electron chi connectivity index (χ2n) is 12.7. The van der Waals surface area contributed by atoms with Crippen LogP contribution in [0.5, 0.6) is 5.75 Å². The number of para-hydroxylation sites is 1. The summed E-state index contributed by atoms with van der Waals surface area (Å²) in [6.45, 7) is 0. The van der Waals surface area contributed by atoms with E-state index in [4.69, 9.17) is 19.7 Å². The molecule has 0 amide bonds. The van der Waals surface area contributed by atoms with E-state index in [1.807, 2.05) is 66.7 Å². The third-order valence-corrected chi connectivity index (χ3v) is 9.83. The summed E-state index contributed by atoms with van der Waals surface area (Å²) in [5, 5.41) is 2.48. The van der Waals surface area contributed by atoms with Gasteiger partial charge < -0.3 is 9.30 Å². The minimum Gasteiger partial charge on any atom is -0.483 e. The highest BCUT2D eigenvalue weighted by molar-refractivity contribution is 6.15. The number of nitrogens with zero attached hydrogens (tertiary/aromatic N) is 4. The van der Waals surface area contributed by atoms with Crippen molar-refractivity contribution in [2.45, 2.75) is 12.1 Å². The molecule has 0 bridgehead atoms. The lowest BCUT2D eigenvalue weighted by atomic mass is 9.90. The molecule has 2 aliphatic rings. The number of hydrogen-bond donors (Lipinski definition) is 0. The Labute approximate surface area is 289 Å². The van der Waals surface area contributed by atoms with E-state index in [0.717, 1.165) is 33.6 Å². The molecule has 6 aromatic carbocycles. The van der Waals surface area contributed by atoms with Crippen molar-refractivity contribution >= 4 is 27.4 Å². The monoisotopic (exact) mass is 642 g/mol. The summed E-state index contributed by atoms with van der Waals surface area (Å²) in [6.07, 6.45) is 6.40. The molecule has 1 aliphatic carbocycles. The molecule has 50 heavy (non-hydrogen) atoms. The molecule has 236 valence electrons. The van der Waals surface area contributed by atoms with Crippen molar-refractivity contribution in [2.24, 2.45) is 0 Å². The third kappa shape index (κ3) is 4.51. The van der Waals surface area contributed by atoms with E-state index in [9.17, 15) is 0 Å². The molecule has 0 fully saturated rings. The molecule has 0 saturated carbocycles. The van der Waals surface area contributed by atoms with Gasteiger partial charge in [-0.25, -0.2) is 15.0 Å². The molecule has 2 unspecified atom stereocenters. The van der Waals surface area contributed by atoms with Gasteiger partial charge in [-0.3, -0.25) is 0 Å². The number of rotatable bonds is 5. The van der Waals surface area contributed by atoms with Crippen LogP contribution in [0.1, 0.15) is 11.6 Å². The van der Waals surface area contributed by atoms with Crippen LogP contribution in [-0.2, 0) is 0 Å². The van der Waals surface area contributed by atoms with Crippen molar-refractivity contribution in [3.8, 4) is 51.0 Å². The van der Waals surface area contributed by atoms with E-state index in [1.54, 1.807) is 0 Å². The van der Waals surface area contributed by atoms with Gasteiger partial charge in [0.2, 0.25) is 0 Å². The topological polar surface area (TPSA) is 52.8 Å².